The number of rotatable bonds is 4. The predicted octanol–water partition coefficient (Wildman–Crippen LogP) is 2.87. The zero-order valence-corrected chi connectivity index (χ0v) is 15.3. The molecule has 3 rings (SSSR count). The highest BCUT2D eigenvalue weighted by atomic mass is 16.5. The number of amides is 1. The molecule has 0 saturated carbocycles. The molecule has 0 aliphatic carbocycles. The molecule has 2 aromatic rings. The Morgan fingerprint density at radius 1 is 1.40 bits per heavy atom. The number of carbonyl (C=O) groups is 1. The molecule has 0 N–H and O–H groups in total. The summed E-state index contributed by atoms with van der Waals surface area (Å²) in [5, 5.41) is 4.12. The van der Waals surface area contributed by atoms with Crippen LogP contribution in [0, 0.1) is 6.92 Å². The van der Waals surface area contributed by atoms with Crippen LogP contribution in [0.5, 0.6) is 0 Å². The maximum absolute atomic E-state index is 13.0. The fraction of sp³-hybridized carbons (Fsp3) is 0.611. The summed E-state index contributed by atoms with van der Waals surface area (Å²) in [5.41, 5.74) is 1.41. The van der Waals surface area contributed by atoms with Gasteiger partial charge in [0.05, 0.1) is 11.3 Å². The topological polar surface area (TPSA) is 85.0 Å². The van der Waals surface area contributed by atoms with Crippen molar-refractivity contribution in [3.63, 3.8) is 0 Å². The smallest absolute Gasteiger partial charge is 0.257 e. The number of nitrogens with zero attached hydrogens (tertiary/aromatic N) is 5. The third-order valence-corrected chi connectivity index (χ3v) is 4.58. The van der Waals surface area contributed by atoms with E-state index in [4.69, 9.17) is 4.52 Å². The fourth-order valence-electron chi connectivity index (χ4n) is 3.16. The summed E-state index contributed by atoms with van der Waals surface area (Å²) in [6, 6.07) is 0. The Morgan fingerprint density at radius 3 is 2.88 bits per heavy atom. The average molecular weight is 343 g/mol. The molecule has 0 unspecified atom stereocenters. The van der Waals surface area contributed by atoms with Crippen LogP contribution in [0.1, 0.15) is 79.0 Å². The molecule has 1 fully saturated rings. The van der Waals surface area contributed by atoms with Gasteiger partial charge in [-0.25, -0.2) is 9.97 Å². The molecule has 1 atom stereocenters. The highest BCUT2D eigenvalue weighted by molar-refractivity contribution is 5.95. The molecule has 25 heavy (non-hydrogen) atoms. The summed E-state index contributed by atoms with van der Waals surface area (Å²) in [6.45, 7) is 9.24. The lowest BCUT2D eigenvalue weighted by Gasteiger charge is -2.31. The second-order valence-electron chi connectivity index (χ2n) is 6.87. The Hall–Kier alpha value is -2.31. The largest absolute Gasteiger partial charge is 0.339 e. The Labute approximate surface area is 147 Å². The van der Waals surface area contributed by atoms with Gasteiger partial charge in [-0.2, -0.15) is 4.98 Å². The van der Waals surface area contributed by atoms with Crippen molar-refractivity contribution in [1.82, 2.24) is 25.0 Å². The van der Waals surface area contributed by atoms with Crippen molar-refractivity contribution in [1.29, 1.82) is 0 Å². The second-order valence-corrected chi connectivity index (χ2v) is 6.87. The Kier molecular flexibility index (Phi) is 5.11. The first-order valence-electron chi connectivity index (χ1n) is 8.94. The summed E-state index contributed by atoms with van der Waals surface area (Å²) in [4.78, 5) is 27.9. The highest BCUT2D eigenvalue weighted by Gasteiger charge is 2.30. The van der Waals surface area contributed by atoms with Crippen LogP contribution in [0.2, 0.25) is 0 Å². The lowest BCUT2D eigenvalue weighted by atomic mass is 9.96. The molecule has 0 bridgehead atoms. The van der Waals surface area contributed by atoms with Gasteiger partial charge in [0.1, 0.15) is 5.82 Å². The first kappa shape index (κ1) is 17.5. The minimum absolute atomic E-state index is 0.00544. The fourth-order valence-corrected chi connectivity index (χ4v) is 3.16. The van der Waals surface area contributed by atoms with E-state index in [-0.39, 0.29) is 17.7 Å². The summed E-state index contributed by atoms with van der Waals surface area (Å²) in [6.07, 6.45) is 4.25. The number of likely N-dealkylation sites (tertiary alicyclic amines) is 1. The molecule has 0 radical (unpaired) electrons. The lowest BCUT2D eigenvalue weighted by molar-refractivity contribution is 0.0701. The maximum atomic E-state index is 13.0. The van der Waals surface area contributed by atoms with E-state index in [1.165, 1.54) is 0 Å². The third-order valence-electron chi connectivity index (χ3n) is 4.58. The van der Waals surface area contributed by atoms with Gasteiger partial charge in [0.2, 0.25) is 5.89 Å². The van der Waals surface area contributed by atoms with Crippen LogP contribution in [0.3, 0.4) is 0 Å². The molecule has 7 heteroatoms. The summed E-state index contributed by atoms with van der Waals surface area (Å²) >= 11 is 0. The maximum Gasteiger partial charge on any atom is 0.257 e. The Morgan fingerprint density at radius 2 is 2.20 bits per heavy atom. The summed E-state index contributed by atoms with van der Waals surface area (Å²) in [5.74, 6) is 2.37. The third kappa shape index (κ3) is 3.70. The van der Waals surface area contributed by atoms with Gasteiger partial charge in [-0.3, -0.25) is 4.79 Å². The van der Waals surface area contributed by atoms with Crippen molar-refractivity contribution in [3.8, 4) is 0 Å². The number of aromatic nitrogens is 4. The number of hydrogen-bond acceptors (Lipinski definition) is 6. The lowest BCUT2D eigenvalue weighted by Crippen LogP contribution is -2.40. The van der Waals surface area contributed by atoms with Gasteiger partial charge < -0.3 is 9.42 Å². The van der Waals surface area contributed by atoms with Crippen molar-refractivity contribution in [2.24, 2.45) is 0 Å². The first-order valence-corrected chi connectivity index (χ1v) is 8.94. The molecule has 3 heterocycles. The Bertz CT molecular complexity index is 756. The molecule has 1 amide bonds. The van der Waals surface area contributed by atoms with Crippen LogP contribution >= 0.6 is 0 Å². The normalized spacial score (nSPS) is 18.0. The zero-order valence-electron chi connectivity index (χ0n) is 15.3. The molecule has 0 spiro atoms. The predicted molar refractivity (Wildman–Crippen MR) is 92.4 cm³/mol. The van der Waals surface area contributed by atoms with Crippen LogP contribution < -0.4 is 0 Å². The van der Waals surface area contributed by atoms with E-state index in [0.717, 1.165) is 25.1 Å². The van der Waals surface area contributed by atoms with E-state index in [9.17, 15) is 4.79 Å². The standard InChI is InChI=1S/C18H25N5O2/c1-5-15-14(9-19-12(4)20-15)18(24)23-8-6-7-13(10-23)16-21-17(11(2)3)25-22-16/h9,11,13H,5-8,10H2,1-4H3/t13-/m1/s1. The van der Waals surface area contributed by atoms with Gasteiger partial charge in [0.15, 0.2) is 5.82 Å². The molecular weight excluding hydrogens is 318 g/mol. The van der Waals surface area contributed by atoms with E-state index in [0.29, 0.717) is 36.1 Å². The minimum atomic E-state index is -0.00544. The van der Waals surface area contributed by atoms with Crippen molar-refractivity contribution < 1.29 is 9.32 Å². The van der Waals surface area contributed by atoms with Crippen molar-refractivity contribution in [3.05, 3.63) is 35.0 Å². The molecule has 7 nitrogen and oxygen atoms in total. The molecule has 1 aliphatic rings. The molecular formula is C18H25N5O2. The van der Waals surface area contributed by atoms with Crippen LogP contribution in [-0.4, -0.2) is 44.0 Å². The first-order chi connectivity index (χ1) is 12.0. The van der Waals surface area contributed by atoms with E-state index >= 15 is 0 Å². The van der Waals surface area contributed by atoms with Gasteiger partial charge in [0, 0.05) is 31.1 Å². The number of hydrogen-bond donors (Lipinski definition) is 0. The van der Waals surface area contributed by atoms with Crippen molar-refractivity contribution >= 4 is 5.91 Å². The molecule has 2 aromatic heterocycles. The summed E-state index contributed by atoms with van der Waals surface area (Å²) < 4.78 is 5.32. The molecule has 0 aromatic carbocycles. The van der Waals surface area contributed by atoms with Gasteiger partial charge in [0.25, 0.3) is 5.91 Å². The van der Waals surface area contributed by atoms with Crippen molar-refractivity contribution in [2.75, 3.05) is 13.1 Å². The Balaban J connectivity index is 1.77. The monoisotopic (exact) mass is 343 g/mol. The van der Waals surface area contributed by atoms with Crippen LogP contribution in [0.4, 0.5) is 0 Å². The molecule has 134 valence electrons. The van der Waals surface area contributed by atoms with Gasteiger partial charge in [-0.1, -0.05) is 25.9 Å². The van der Waals surface area contributed by atoms with E-state index in [1.54, 1.807) is 6.20 Å². The molecule has 1 aliphatic heterocycles. The van der Waals surface area contributed by atoms with E-state index in [1.807, 2.05) is 32.6 Å². The average Bonchev–Trinajstić information content (AvgIpc) is 3.11. The van der Waals surface area contributed by atoms with Crippen molar-refractivity contribution in [2.45, 2.75) is 58.8 Å². The molecule has 1 saturated heterocycles. The highest BCUT2D eigenvalue weighted by Crippen LogP contribution is 2.27. The number of piperidine rings is 1. The quantitative estimate of drug-likeness (QED) is 0.848. The number of aryl methyl sites for hydroxylation is 2. The summed E-state index contributed by atoms with van der Waals surface area (Å²) in [7, 11) is 0. The van der Waals surface area contributed by atoms with Gasteiger partial charge in [-0.05, 0) is 26.2 Å². The van der Waals surface area contributed by atoms with Crippen LogP contribution in [0.25, 0.3) is 0 Å². The minimum Gasteiger partial charge on any atom is -0.339 e. The van der Waals surface area contributed by atoms with Crippen LogP contribution in [-0.2, 0) is 6.42 Å². The van der Waals surface area contributed by atoms with E-state index < -0.39 is 0 Å². The van der Waals surface area contributed by atoms with Crippen LogP contribution in [0.15, 0.2) is 10.7 Å². The number of carbonyl (C=O) groups excluding carboxylic acids is 1. The SMILES string of the molecule is CCc1nc(C)ncc1C(=O)N1CCC[C@@H](c2noc(C(C)C)n2)C1. The van der Waals surface area contributed by atoms with Gasteiger partial charge in [-0.15, -0.1) is 0 Å². The zero-order chi connectivity index (χ0) is 18.0. The van der Waals surface area contributed by atoms with E-state index in [2.05, 4.69) is 20.1 Å². The second kappa shape index (κ2) is 7.29. The van der Waals surface area contributed by atoms with Gasteiger partial charge >= 0.3 is 0 Å².